The summed E-state index contributed by atoms with van der Waals surface area (Å²) < 4.78 is 10.8. The van der Waals surface area contributed by atoms with E-state index in [0.29, 0.717) is 12.4 Å². The number of nitrogens with zero attached hydrogens (tertiary/aromatic N) is 2. The molecule has 1 saturated heterocycles. The molecule has 2 atom stereocenters. The molecule has 0 spiro atoms. The molecule has 1 aromatic heterocycles. The molecule has 2 heterocycles. The summed E-state index contributed by atoms with van der Waals surface area (Å²) in [6, 6.07) is 7.69. The van der Waals surface area contributed by atoms with Crippen LogP contribution in [0, 0.1) is 6.92 Å². The predicted octanol–water partition coefficient (Wildman–Crippen LogP) is 2.86. The average Bonchev–Trinajstić information content (AvgIpc) is 3.17. The van der Waals surface area contributed by atoms with Crippen LogP contribution in [0.25, 0.3) is 0 Å². The average molecular weight is 316 g/mol. The first kappa shape index (κ1) is 16.0. The number of oxazole rings is 1. The first-order chi connectivity index (χ1) is 11.0. The molecule has 1 aliphatic rings. The lowest BCUT2D eigenvalue weighted by molar-refractivity contribution is -0.0274. The normalized spacial score (nSPS) is 21.3. The van der Waals surface area contributed by atoms with Gasteiger partial charge in [0.25, 0.3) is 0 Å². The van der Waals surface area contributed by atoms with Gasteiger partial charge in [-0.25, -0.2) is 4.98 Å². The molecule has 1 fully saturated rings. The number of ether oxygens (including phenoxy) is 1. The smallest absolute Gasteiger partial charge is 0.208 e. The minimum Gasteiger partial charge on any atom is -0.497 e. The Balaban J connectivity index is 1.79. The van der Waals surface area contributed by atoms with Gasteiger partial charge in [0.15, 0.2) is 0 Å². The van der Waals surface area contributed by atoms with Gasteiger partial charge in [0, 0.05) is 6.04 Å². The Morgan fingerprint density at radius 2 is 2.13 bits per heavy atom. The number of aryl methyl sites for hydroxylation is 1. The number of likely N-dealkylation sites (tertiary alicyclic amines) is 1. The van der Waals surface area contributed by atoms with Crippen molar-refractivity contribution in [3.05, 3.63) is 47.7 Å². The summed E-state index contributed by atoms with van der Waals surface area (Å²) in [7, 11) is 1.64. The highest BCUT2D eigenvalue weighted by atomic mass is 16.5. The highest BCUT2D eigenvalue weighted by Gasteiger charge is 2.40. The van der Waals surface area contributed by atoms with Crippen molar-refractivity contribution >= 4 is 0 Å². The van der Waals surface area contributed by atoms with Gasteiger partial charge in [0.1, 0.15) is 17.1 Å². The lowest BCUT2D eigenvalue weighted by Gasteiger charge is -2.36. The number of rotatable bonds is 5. The number of benzene rings is 1. The molecule has 1 aliphatic heterocycles. The second-order valence-electron chi connectivity index (χ2n) is 6.37. The summed E-state index contributed by atoms with van der Waals surface area (Å²) in [5.74, 6) is 2.32. The van der Waals surface area contributed by atoms with Crippen LogP contribution in [0.15, 0.2) is 34.9 Å². The van der Waals surface area contributed by atoms with E-state index < -0.39 is 5.60 Å². The van der Waals surface area contributed by atoms with E-state index in [9.17, 15) is 5.11 Å². The van der Waals surface area contributed by atoms with Crippen molar-refractivity contribution < 1.29 is 14.3 Å². The van der Waals surface area contributed by atoms with Crippen molar-refractivity contribution in [3.63, 3.8) is 0 Å². The van der Waals surface area contributed by atoms with Gasteiger partial charge in [0.05, 0.1) is 19.9 Å². The van der Waals surface area contributed by atoms with Crippen molar-refractivity contribution in [2.24, 2.45) is 0 Å². The van der Waals surface area contributed by atoms with Crippen molar-refractivity contribution in [2.75, 3.05) is 13.7 Å². The number of methoxy groups -OCH3 is 1. The lowest BCUT2D eigenvalue weighted by Crippen LogP contribution is -2.45. The van der Waals surface area contributed by atoms with Gasteiger partial charge in [-0.2, -0.15) is 0 Å². The maximum Gasteiger partial charge on any atom is 0.208 e. The van der Waals surface area contributed by atoms with Crippen LogP contribution in [-0.2, 0) is 12.1 Å². The van der Waals surface area contributed by atoms with Gasteiger partial charge >= 0.3 is 0 Å². The van der Waals surface area contributed by atoms with E-state index in [-0.39, 0.29) is 6.04 Å². The third-order valence-corrected chi connectivity index (χ3v) is 4.69. The molecule has 5 nitrogen and oxygen atoms in total. The fourth-order valence-electron chi connectivity index (χ4n) is 3.42. The van der Waals surface area contributed by atoms with Gasteiger partial charge < -0.3 is 14.3 Å². The monoisotopic (exact) mass is 316 g/mol. The van der Waals surface area contributed by atoms with Gasteiger partial charge in [-0.15, -0.1) is 0 Å². The van der Waals surface area contributed by atoms with Gasteiger partial charge in [0.2, 0.25) is 5.89 Å². The predicted molar refractivity (Wildman–Crippen MR) is 87.2 cm³/mol. The van der Waals surface area contributed by atoms with Gasteiger partial charge in [-0.1, -0.05) is 12.1 Å². The fraction of sp³-hybridized carbons (Fsp3) is 0.500. The topological polar surface area (TPSA) is 58.7 Å². The maximum atomic E-state index is 11.2. The molecule has 5 heteroatoms. The Bertz CT molecular complexity index is 649. The molecular formula is C18H24N2O3. The SMILES string of the molecule is COc1ccc([C@@](C)(O)[C@@H]2CCCN2Cc2ncc(C)o2)cc1. The summed E-state index contributed by atoms with van der Waals surface area (Å²) in [5.41, 5.74) is -0.0245. The van der Waals surface area contributed by atoms with Gasteiger partial charge in [-0.3, -0.25) is 4.90 Å². The molecule has 0 aliphatic carbocycles. The van der Waals surface area contributed by atoms with Crippen LogP contribution >= 0.6 is 0 Å². The summed E-state index contributed by atoms with van der Waals surface area (Å²) in [5, 5.41) is 11.2. The summed E-state index contributed by atoms with van der Waals surface area (Å²) >= 11 is 0. The second kappa shape index (κ2) is 6.34. The van der Waals surface area contributed by atoms with Crippen molar-refractivity contribution in [1.82, 2.24) is 9.88 Å². The third-order valence-electron chi connectivity index (χ3n) is 4.69. The first-order valence-corrected chi connectivity index (χ1v) is 8.03. The van der Waals surface area contributed by atoms with Crippen LogP contribution in [0.5, 0.6) is 5.75 Å². The minimum atomic E-state index is -0.926. The largest absolute Gasteiger partial charge is 0.497 e. The van der Waals surface area contributed by atoms with E-state index in [0.717, 1.165) is 36.5 Å². The molecule has 124 valence electrons. The highest BCUT2D eigenvalue weighted by Crippen LogP contribution is 2.36. The zero-order valence-electron chi connectivity index (χ0n) is 14.0. The molecule has 1 N–H and O–H groups in total. The summed E-state index contributed by atoms with van der Waals surface area (Å²) in [4.78, 5) is 6.54. The Kier molecular flexibility index (Phi) is 4.41. The second-order valence-corrected chi connectivity index (χ2v) is 6.37. The number of hydrogen-bond donors (Lipinski definition) is 1. The molecular weight excluding hydrogens is 292 g/mol. The Hall–Kier alpha value is -1.85. The summed E-state index contributed by atoms with van der Waals surface area (Å²) in [6.45, 7) is 5.35. The van der Waals surface area contributed by atoms with Crippen LogP contribution < -0.4 is 4.74 Å². The molecule has 0 radical (unpaired) electrons. The molecule has 1 aromatic carbocycles. The molecule has 3 rings (SSSR count). The standard InChI is InChI=1S/C18H24N2O3/c1-13-11-19-17(23-13)12-20-10-4-5-16(20)18(2,21)14-6-8-15(22-3)9-7-14/h6-9,11,16,21H,4-5,10,12H2,1-3H3/t16-,18+/m0/s1. The molecule has 0 bridgehead atoms. The van der Waals surface area contributed by atoms with Crippen molar-refractivity contribution in [3.8, 4) is 5.75 Å². The van der Waals surface area contributed by atoms with Crippen LogP contribution in [0.3, 0.4) is 0 Å². The quantitative estimate of drug-likeness (QED) is 0.919. The maximum absolute atomic E-state index is 11.2. The minimum absolute atomic E-state index is 0.0445. The lowest BCUT2D eigenvalue weighted by atomic mass is 9.86. The number of aliphatic hydroxyl groups is 1. The Labute approximate surface area is 136 Å². The molecule has 0 unspecified atom stereocenters. The van der Waals surface area contributed by atoms with Crippen LogP contribution in [0.2, 0.25) is 0 Å². The summed E-state index contributed by atoms with van der Waals surface area (Å²) in [6.07, 6.45) is 3.76. The first-order valence-electron chi connectivity index (χ1n) is 8.03. The van der Waals surface area contributed by atoms with E-state index in [1.807, 2.05) is 38.1 Å². The Morgan fingerprint density at radius 1 is 1.39 bits per heavy atom. The fourth-order valence-corrected chi connectivity index (χ4v) is 3.42. The van der Waals surface area contributed by atoms with Crippen LogP contribution in [0.1, 0.15) is 37.0 Å². The third kappa shape index (κ3) is 3.26. The van der Waals surface area contributed by atoms with Crippen molar-refractivity contribution in [2.45, 2.75) is 44.9 Å². The van der Waals surface area contributed by atoms with E-state index in [1.54, 1.807) is 13.3 Å². The zero-order chi connectivity index (χ0) is 16.4. The molecule has 2 aromatic rings. The van der Waals surface area contributed by atoms with E-state index in [4.69, 9.17) is 9.15 Å². The van der Waals surface area contributed by atoms with E-state index in [1.165, 1.54) is 0 Å². The van der Waals surface area contributed by atoms with E-state index >= 15 is 0 Å². The van der Waals surface area contributed by atoms with E-state index in [2.05, 4.69) is 9.88 Å². The highest BCUT2D eigenvalue weighted by molar-refractivity contribution is 5.31. The zero-order valence-corrected chi connectivity index (χ0v) is 14.0. The van der Waals surface area contributed by atoms with Gasteiger partial charge in [-0.05, 0) is 50.9 Å². The molecule has 0 saturated carbocycles. The number of aromatic nitrogens is 1. The van der Waals surface area contributed by atoms with Crippen LogP contribution in [-0.4, -0.2) is 34.7 Å². The van der Waals surface area contributed by atoms with Crippen molar-refractivity contribution in [1.29, 1.82) is 0 Å². The Morgan fingerprint density at radius 3 is 2.74 bits per heavy atom. The molecule has 23 heavy (non-hydrogen) atoms. The molecule has 0 amide bonds. The van der Waals surface area contributed by atoms with Crippen LogP contribution in [0.4, 0.5) is 0 Å². The number of hydrogen-bond acceptors (Lipinski definition) is 5.